The van der Waals surface area contributed by atoms with Crippen LogP contribution in [0, 0.1) is 0 Å². The first-order valence-electron chi connectivity index (χ1n) is 8.82. The maximum absolute atomic E-state index is 5.38. The van der Waals surface area contributed by atoms with E-state index in [9.17, 15) is 0 Å². The molecule has 0 bridgehead atoms. The minimum atomic E-state index is -0.314. The third-order valence-corrected chi connectivity index (χ3v) is 6.28. The predicted octanol–water partition coefficient (Wildman–Crippen LogP) is 4.77. The van der Waals surface area contributed by atoms with Crippen molar-refractivity contribution >= 4 is 39.4 Å². The molecule has 0 saturated carbocycles. The number of ether oxygens (including phenoxy) is 1. The largest absolute Gasteiger partial charge is 0.497 e. The number of nitrogens with one attached hydrogen (secondary N) is 1. The molecule has 0 amide bonds. The lowest BCUT2D eigenvalue weighted by Gasteiger charge is -2.35. The zero-order valence-corrected chi connectivity index (χ0v) is 18.0. The lowest BCUT2D eigenvalue weighted by Crippen LogP contribution is -2.36. The highest BCUT2D eigenvalue weighted by atomic mass is 127. The third kappa shape index (κ3) is 3.42. The molecule has 2 aromatic carbocycles. The summed E-state index contributed by atoms with van der Waals surface area (Å²) in [7, 11) is 3.71. The summed E-state index contributed by atoms with van der Waals surface area (Å²) in [5.74, 6) is 1.65. The summed E-state index contributed by atoms with van der Waals surface area (Å²) in [6, 6.07) is 14.2. The van der Waals surface area contributed by atoms with E-state index in [4.69, 9.17) is 9.72 Å². The molecule has 7 heteroatoms. The van der Waals surface area contributed by atoms with Gasteiger partial charge in [0.2, 0.25) is 0 Å². The fourth-order valence-corrected chi connectivity index (χ4v) is 3.65. The van der Waals surface area contributed by atoms with Crippen molar-refractivity contribution in [1.29, 1.82) is 0 Å². The minimum Gasteiger partial charge on any atom is -0.497 e. The quantitative estimate of drug-likeness (QED) is 0.251. The fourth-order valence-electron chi connectivity index (χ4n) is 3.07. The van der Waals surface area contributed by atoms with Crippen molar-refractivity contribution in [2.75, 3.05) is 19.1 Å². The zero-order valence-electron chi connectivity index (χ0n) is 15.8. The van der Waals surface area contributed by atoms with Gasteiger partial charge in [-0.05, 0) is 64.9 Å². The number of hydrogen-bond donors (Lipinski definition) is 1. The Bertz CT molecular complexity index is 1110. The first-order chi connectivity index (χ1) is 13.5. The highest BCUT2D eigenvalue weighted by Crippen LogP contribution is 2.38. The average Bonchev–Trinajstić information content (AvgIpc) is 3.27. The Morgan fingerprint density at radius 1 is 1.07 bits per heavy atom. The molecule has 4 rings (SSSR count). The van der Waals surface area contributed by atoms with Gasteiger partial charge in [0, 0.05) is 18.8 Å². The van der Waals surface area contributed by atoms with Gasteiger partial charge in [-0.3, -0.25) is 10.1 Å². The second-order valence-electron chi connectivity index (χ2n) is 6.66. The maximum atomic E-state index is 5.38. The van der Waals surface area contributed by atoms with Crippen LogP contribution in [-0.4, -0.2) is 34.3 Å². The fraction of sp³-hybridized carbons (Fsp3) is 0.190. The van der Waals surface area contributed by atoms with E-state index in [1.807, 2.05) is 49.8 Å². The molecule has 2 heterocycles. The summed E-state index contributed by atoms with van der Waals surface area (Å²) in [5, 5.41) is 6.84. The van der Waals surface area contributed by atoms with Crippen LogP contribution in [0.1, 0.15) is 12.5 Å². The number of anilines is 1. The molecule has 2 aromatic heterocycles. The summed E-state index contributed by atoms with van der Waals surface area (Å²) >= 11 is 2.43. The topological polar surface area (TPSA) is 66.9 Å². The molecule has 1 N–H and O–H groups in total. The van der Waals surface area contributed by atoms with Gasteiger partial charge in [0.25, 0.3) is 0 Å². The van der Waals surface area contributed by atoms with Gasteiger partial charge >= 0.3 is 0 Å². The number of rotatable bonds is 5. The number of alkyl halides is 1. The van der Waals surface area contributed by atoms with E-state index in [1.54, 1.807) is 13.3 Å². The van der Waals surface area contributed by atoms with Gasteiger partial charge in [0.15, 0.2) is 0 Å². The van der Waals surface area contributed by atoms with E-state index < -0.39 is 0 Å². The molecule has 4 aromatic rings. The van der Waals surface area contributed by atoms with E-state index >= 15 is 0 Å². The van der Waals surface area contributed by atoms with Gasteiger partial charge in [0.1, 0.15) is 15.1 Å². The van der Waals surface area contributed by atoms with Crippen molar-refractivity contribution in [2.45, 2.75) is 10.5 Å². The summed E-state index contributed by atoms with van der Waals surface area (Å²) in [5.41, 5.74) is 4.93. The van der Waals surface area contributed by atoms with Crippen molar-refractivity contribution in [3.63, 3.8) is 0 Å². The highest BCUT2D eigenvalue weighted by Gasteiger charge is 2.30. The Hall–Kier alpha value is -2.68. The zero-order chi connectivity index (χ0) is 19.7. The Labute approximate surface area is 177 Å². The number of nitrogens with zero attached hydrogens (tertiary/aromatic N) is 4. The average molecular weight is 485 g/mol. The van der Waals surface area contributed by atoms with Gasteiger partial charge in [-0.1, -0.05) is 18.2 Å². The Morgan fingerprint density at radius 2 is 1.93 bits per heavy atom. The first kappa shape index (κ1) is 18.7. The van der Waals surface area contributed by atoms with Gasteiger partial charge in [0.05, 0.1) is 30.5 Å². The normalized spacial score (nSPS) is 13.3. The van der Waals surface area contributed by atoms with E-state index in [1.165, 1.54) is 0 Å². The lowest BCUT2D eigenvalue weighted by atomic mass is 10.1. The van der Waals surface area contributed by atoms with Crippen LogP contribution >= 0.6 is 22.6 Å². The molecule has 1 atom stereocenters. The van der Waals surface area contributed by atoms with E-state index in [2.05, 4.69) is 61.7 Å². The summed E-state index contributed by atoms with van der Waals surface area (Å²) in [6.07, 6.45) is 5.48. The van der Waals surface area contributed by atoms with Crippen LogP contribution in [0.15, 0.2) is 61.1 Å². The molecule has 0 fully saturated rings. The lowest BCUT2D eigenvalue weighted by molar-refractivity contribution is 0.413. The Kier molecular flexibility index (Phi) is 4.92. The van der Waals surface area contributed by atoms with Crippen LogP contribution in [0.25, 0.3) is 22.2 Å². The first-order valence-corrected chi connectivity index (χ1v) is 9.90. The van der Waals surface area contributed by atoms with Gasteiger partial charge in [-0.2, -0.15) is 5.10 Å². The van der Waals surface area contributed by atoms with Crippen LogP contribution in [0.2, 0.25) is 0 Å². The number of hydrogen-bond acceptors (Lipinski definition) is 5. The van der Waals surface area contributed by atoms with E-state index in [-0.39, 0.29) is 3.55 Å². The van der Waals surface area contributed by atoms with Crippen LogP contribution < -0.4 is 9.64 Å². The predicted molar refractivity (Wildman–Crippen MR) is 120 cm³/mol. The van der Waals surface area contributed by atoms with Crippen LogP contribution in [0.5, 0.6) is 5.75 Å². The number of methoxy groups -OCH3 is 1. The number of H-pyrrole nitrogens is 1. The monoisotopic (exact) mass is 485 g/mol. The molecule has 0 unspecified atom stereocenters. The molecule has 6 nitrogen and oxygen atoms in total. The van der Waals surface area contributed by atoms with Crippen LogP contribution in [-0.2, 0) is 3.55 Å². The molecule has 0 aliphatic heterocycles. The molecule has 0 radical (unpaired) electrons. The summed E-state index contributed by atoms with van der Waals surface area (Å²) < 4.78 is 5.06. The van der Waals surface area contributed by atoms with Crippen molar-refractivity contribution < 1.29 is 4.74 Å². The molecular weight excluding hydrogens is 465 g/mol. The standard InChI is InChI=1S/C21H20IN5O/c1-21(22,16-5-4-6-17(10-16)28-3)27(2)20-13-23-19-9-14(7-8-18(19)26-20)15-11-24-25-12-15/h4-13H,1-3H3,(H,24,25)/t21-/m0/s1. The number of halogens is 1. The minimum absolute atomic E-state index is 0.314. The summed E-state index contributed by atoms with van der Waals surface area (Å²) in [6.45, 7) is 2.15. The van der Waals surface area contributed by atoms with Crippen LogP contribution in [0.4, 0.5) is 5.82 Å². The molecule has 142 valence electrons. The second-order valence-corrected chi connectivity index (χ2v) is 8.76. The molecule has 0 aliphatic rings. The number of benzene rings is 2. The molecule has 0 spiro atoms. The SMILES string of the molecule is COc1cccc([C@@](C)(I)N(C)c2cnc3cc(-c4cn[nH]c4)ccc3n2)c1. The third-order valence-electron chi connectivity index (χ3n) is 4.93. The Balaban J connectivity index is 1.68. The maximum Gasteiger partial charge on any atom is 0.148 e. The van der Waals surface area contributed by atoms with Crippen molar-refractivity contribution in [2.24, 2.45) is 0 Å². The van der Waals surface area contributed by atoms with Crippen molar-refractivity contribution in [3.8, 4) is 16.9 Å². The number of aromatic nitrogens is 4. The molecule has 28 heavy (non-hydrogen) atoms. The van der Waals surface area contributed by atoms with Gasteiger partial charge in [-0.15, -0.1) is 0 Å². The molecule has 0 saturated heterocycles. The Morgan fingerprint density at radius 3 is 2.68 bits per heavy atom. The number of aromatic amines is 1. The molecular formula is C21H20IN5O. The summed E-state index contributed by atoms with van der Waals surface area (Å²) in [4.78, 5) is 11.6. The second kappa shape index (κ2) is 7.38. The van der Waals surface area contributed by atoms with Crippen molar-refractivity contribution in [1.82, 2.24) is 20.2 Å². The van der Waals surface area contributed by atoms with Crippen LogP contribution in [0.3, 0.4) is 0 Å². The van der Waals surface area contributed by atoms with Gasteiger partial charge in [-0.25, -0.2) is 4.98 Å². The van der Waals surface area contributed by atoms with Gasteiger partial charge < -0.3 is 9.64 Å². The van der Waals surface area contributed by atoms with Crippen molar-refractivity contribution in [3.05, 3.63) is 66.6 Å². The number of fused-ring (bicyclic) bond motifs is 1. The van der Waals surface area contributed by atoms with E-state index in [0.717, 1.165) is 39.3 Å². The molecule has 0 aliphatic carbocycles. The smallest absolute Gasteiger partial charge is 0.148 e. The van der Waals surface area contributed by atoms with E-state index in [0.29, 0.717) is 0 Å². The highest BCUT2D eigenvalue weighted by molar-refractivity contribution is 14.1.